The largest absolute Gasteiger partial charge is 0.353 e. The maximum Gasteiger partial charge on any atom is 0.220 e. The molecule has 0 bridgehead atoms. The van der Waals surface area contributed by atoms with Crippen LogP contribution in [0.2, 0.25) is 0 Å². The summed E-state index contributed by atoms with van der Waals surface area (Å²) in [5.41, 5.74) is 0. The Hall–Kier alpha value is -0.0500. The van der Waals surface area contributed by atoms with E-state index in [0.29, 0.717) is 6.42 Å². The van der Waals surface area contributed by atoms with Gasteiger partial charge in [-0.2, -0.15) is 0 Å². The van der Waals surface area contributed by atoms with Crippen molar-refractivity contribution in [3.63, 3.8) is 0 Å². The summed E-state index contributed by atoms with van der Waals surface area (Å²) < 4.78 is 0. The molecule has 0 aromatic heterocycles. The topological polar surface area (TPSA) is 29.1 Å². The minimum atomic E-state index is 0.176. The summed E-state index contributed by atoms with van der Waals surface area (Å²) in [7, 11) is 0. The average Bonchev–Trinajstić information content (AvgIpc) is 2.05. The first-order chi connectivity index (χ1) is 5.70. The van der Waals surface area contributed by atoms with Crippen molar-refractivity contribution < 1.29 is 4.79 Å². The molecule has 2 nitrogen and oxygen atoms in total. The molecule has 0 heterocycles. The van der Waals surface area contributed by atoms with Gasteiger partial charge in [-0.25, -0.2) is 0 Å². The molecule has 1 unspecified atom stereocenters. The minimum Gasteiger partial charge on any atom is -0.353 e. The average molecular weight is 236 g/mol. The van der Waals surface area contributed by atoms with E-state index in [4.69, 9.17) is 0 Å². The standard InChI is InChI=1S/C9H18BrNO/c1-3-4-5-6-9(12)11-8(2)7-10/h8H,3-7H2,1-2H3,(H,11,12). The smallest absolute Gasteiger partial charge is 0.220 e. The third-order valence-corrected chi connectivity index (χ3v) is 2.62. The summed E-state index contributed by atoms with van der Waals surface area (Å²) in [6.07, 6.45) is 4.00. The molecule has 0 fully saturated rings. The second-order valence-corrected chi connectivity index (χ2v) is 3.73. The van der Waals surface area contributed by atoms with Gasteiger partial charge in [0.1, 0.15) is 0 Å². The molecule has 0 radical (unpaired) electrons. The van der Waals surface area contributed by atoms with Crippen LogP contribution in [-0.2, 0) is 4.79 Å². The zero-order valence-electron chi connectivity index (χ0n) is 7.90. The van der Waals surface area contributed by atoms with Crippen molar-refractivity contribution >= 4 is 21.8 Å². The normalized spacial score (nSPS) is 12.6. The highest BCUT2D eigenvalue weighted by atomic mass is 79.9. The first-order valence-electron chi connectivity index (χ1n) is 4.56. The lowest BCUT2D eigenvalue weighted by molar-refractivity contribution is -0.121. The van der Waals surface area contributed by atoms with Crippen molar-refractivity contribution in [3.05, 3.63) is 0 Å². The van der Waals surface area contributed by atoms with Crippen LogP contribution in [0.25, 0.3) is 0 Å². The summed E-state index contributed by atoms with van der Waals surface area (Å²) in [5, 5.41) is 3.73. The Bertz CT molecular complexity index is 128. The lowest BCUT2D eigenvalue weighted by Gasteiger charge is -2.09. The maximum absolute atomic E-state index is 11.2. The monoisotopic (exact) mass is 235 g/mol. The van der Waals surface area contributed by atoms with Gasteiger partial charge in [-0.15, -0.1) is 0 Å². The van der Waals surface area contributed by atoms with E-state index in [2.05, 4.69) is 28.2 Å². The van der Waals surface area contributed by atoms with Gasteiger partial charge in [-0.1, -0.05) is 35.7 Å². The maximum atomic E-state index is 11.2. The zero-order chi connectivity index (χ0) is 9.40. The summed E-state index contributed by atoms with van der Waals surface area (Å²) in [5.74, 6) is 0.176. The van der Waals surface area contributed by atoms with E-state index in [-0.39, 0.29) is 11.9 Å². The van der Waals surface area contributed by atoms with Crippen molar-refractivity contribution in [2.24, 2.45) is 0 Å². The van der Waals surface area contributed by atoms with Crippen molar-refractivity contribution in [3.8, 4) is 0 Å². The van der Waals surface area contributed by atoms with Crippen LogP contribution in [0.15, 0.2) is 0 Å². The Morgan fingerprint density at radius 1 is 1.50 bits per heavy atom. The number of rotatable bonds is 6. The van der Waals surface area contributed by atoms with Gasteiger partial charge in [-0.05, 0) is 13.3 Å². The van der Waals surface area contributed by atoms with Crippen LogP contribution in [0.4, 0.5) is 0 Å². The molecule has 0 aromatic rings. The van der Waals surface area contributed by atoms with Crippen LogP contribution in [-0.4, -0.2) is 17.3 Å². The molecule has 0 aliphatic heterocycles. The highest BCUT2D eigenvalue weighted by molar-refractivity contribution is 9.09. The van der Waals surface area contributed by atoms with Gasteiger partial charge in [0.2, 0.25) is 5.91 Å². The quantitative estimate of drug-likeness (QED) is 0.557. The molecule has 72 valence electrons. The number of hydrogen-bond acceptors (Lipinski definition) is 1. The molecule has 0 aliphatic carbocycles. The molecule has 1 N–H and O–H groups in total. The van der Waals surface area contributed by atoms with E-state index < -0.39 is 0 Å². The van der Waals surface area contributed by atoms with E-state index in [9.17, 15) is 4.79 Å². The van der Waals surface area contributed by atoms with E-state index in [1.54, 1.807) is 0 Å². The van der Waals surface area contributed by atoms with E-state index in [1.807, 2.05) is 6.92 Å². The van der Waals surface area contributed by atoms with Gasteiger partial charge in [-0.3, -0.25) is 4.79 Å². The summed E-state index contributed by atoms with van der Waals surface area (Å²) in [6.45, 7) is 4.13. The number of nitrogens with one attached hydrogen (secondary N) is 1. The highest BCUT2D eigenvalue weighted by Crippen LogP contribution is 1.99. The van der Waals surface area contributed by atoms with Crippen LogP contribution in [0, 0.1) is 0 Å². The molecule has 12 heavy (non-hydrogen) atoms. The molecule has 0 saturated carbocycles. The van der Waals surface area contributed by atoms with Gasteiger partial charge in [0, 0.05) is 17.8 Å². The number of halogens is 1. The Morgan fingerprint density at radius 3 is 2.67 bits per heavy atom. The van der Waals surface area contributed by atoms with E-state index in [1.165, 1.54) is 6.42 Å². The van der Waals surface area contributed by atoms with Crippen molar-refractivity contribution in [1.82, 2.24) is 5.32 Å². The molecular formula is C9H18BrNO. The predicted octanol–water partition coefficient (Wildman–Crippen LogP) is 2.47. The zero-order valence-corrected chi connectivity index (χ0v) is 9.49. The van der Waals surface area contributed by atoms with E-state index in [0.717, 1.165) is 18.2 Å². The highest BCUT2D eigenvalue weighted by Gasteiger charge is 2.04. The van der Waals surface area contributed by atoms with Crippen molar-refractivity contribution in [2.75, 3.05) is 5.33 Å². The number of hydrogen-bond donors (Lipinski definition) is 1. The second-order valence-electron chi connectivity index (χ2n) is 3.08. The molecule has 1 amide bonds. The number of amides is 1. The van der Waals surface area contributed by atoms with Gasteiger partial charge >= 0.3 is 0 Å². The first-order valence-corrected chi connectivity index (χ1v) is 5.68. The first kappa shape index (κ1) is 11.9. The molecule has 1 atom stereocenters. The van der Waals surface area contributed by atoms with Crippen LogP contribution < -0.4 is 5.32 Å². The Morgan fingerprint density at radius 2 is 2.17 bits per heavy atom. The lowest BCUT2D eigenvalue weighted by atomic mass is 10.2. The number of alkyl halides is 1. The molecule has 0 saturated heterocycles. The summed E-state index contributed by atoms with van der Waals surface area (Å²) in [6, 6.07) is 0.249. The van der Waals surface area contributed by atoms with Crippen LogP contribution in [0.1, 0.15) is 39.5 Å². The second kappa shape index (κ2) is 7.59. The van der Waals surface area contributed by atoms with Gasteiger partial charge in [0.15, 0.2) is 0 Å². The Kier molecular flexibility index (Phi) is 7.56. The SMILES string of the molecule is CCCCCC(=O)NC(C)CBr. The van der Waals surface area contributed by atoms with Gasteiger partial charge in [0.05, 0.1) is 0 Å². The van der Waals surface area contributed by atoms with Gasteiger partial charge in [0.25, 0.3) is 0 Å². The lowest BCUT2D eigenvalue weighted by Crippen LogP contribution is -2.33. The third-order valence-electron chi connectivity index (χ3n) is 1.65. The fourth-order valence-corrected chi connectivity index (χ4v) is 1.08. The number of carbonyl (C=O) groups excluding carboxylic acids is 1. The minimum absolute atomic E-state index is 0.176. The molecule has 3 heteroatoms. The predicted molar refractivity (Wildman–Crippen MR) is 55.5 cm³/mol. The molecule has 0 aliphatic rings. The Balaban J connectivity index is 3.33. The fourth-order valence-electron chi connectivity index (χ4n) is 0.921. The van der Waals surface area contributed by atoms with Crippen LogP contribution in [0.3, 0.4) is 0 Å². The summed E-state index contributed by atoms with van der Waals surface area (Å²) in [4.78, 5) is 11.2. The molecule has 0 aromatic carbocycles. The van der Waals surface area contributed by atoms with Crippen LogP contribution >= 0.6 is 15.9 Å². The van der Waals surface area contributed by atoms with Crippen molar-refractivity contribution in [1.29, 1.82) is 0 Å². The van der Waals surface area contributed by atoms with Gasteiger partial charge < -0.3 is 5.32 Å². The molecule has 0 spiro atoms. The molecule has 0 rings (SSSR count). The van der Waals surface area contributed by atoms with Crippen LogP contribution in [0.5, 0.6) is 0 Å². The fraction of sp³-hybridized carbons (Fsp3) is 0.889. The molecular weight excluding hydrogens is 218 g/mol. The summed E-state index contributed by atoms with van der Waals surface area (Å²) >= 11 is 3.31. The number of unbranched alkanes of at least 4 members (excludes halogenated alkanes) is 2. The Labute approximate surface area is 83.2 Å². The van der Waals surface area contributed by atoms with Crippen molar-refractivity contribution in [2.45, 2.75) is 45.6 Å². The third kappa shape index (κ3) is 6.65. The van der Waals surface area contributed by atoms with E-state index >= 15 is 0 Å². The number of carbonyl (C=O) groups is 1.